The van der Waals surface area contributed by atoms with Crippen LogP contribution < -0.4 is 5.32 Å². The summed E-state index contributed by atoms with van der Waals surface area (Å²) in [5.74, 6) is -0.261. The normalized spacial score (nSPS) is 39.2. The zero-order valence-corrected chi connectivity index (χ0v) is 10.4. The van der Waals surface area contributed by atoms with Crippen molar-refractivity contribution in [2.45, 2.75) is 62.7 Å². The Morgan fingerprint density at radius 3 is 2.29 bits per heavy atom. The van der Waals surface area contributed by atoms with Gasteiger partial charge in [-0.3, -0.25) is 4.79 Å². The van der Waals surface area contributed by atoms with Gasteiger partial charge in [-0.05, 0) is 51.5 Å². The Kier molecular flexibility index (Phi) is 2.87. The molecule has 0 aromatic heterocycles. The number of hydrogen-bond acceptors (Lipinski definition) is 3. The summed E-state index contributed by atoms with van der Waals surface area (Å²) in [4.78, 5) is 13.7. The molecule has 0 spiro atoms. The molecule has 2 heterocycles. The molecule has 3 fully saturated rings. The van der Waals surface area contributed by atoms with Crippen LogP contribution in [0.4, 0.5) is 0 Å². The van der Waals surface area contributed by atoms with Crippen LogP contribution in [0.5, 0.6) is 0 Å². The zero-order chi connectivity index (χ0) is 12.0. The lowest BCUT2D eigenvalue weighted by Crippen LogP contribution is -2.52. The fourth-order valence-electron chi connectivity index (χ4n) is 3.64. The molecule has 0 aromatic rings. The Morgan fingerprint density at radius 1 is 1.24 bits per heavy atom. The molecule has 3 unspecified atom stereocenters. The van der Waals surface area contributed by atoms with Gasteiger partial charge >= 0.3 is 5.97 Å². The lowest BCUT2D eigenvalue weighted by molar-refractivity contribution is -0.140. The van der Waals surface area contributed by atoms with E-state index in [9.17, 15) is 9.90 Å². The van der Waals surface area contributed by atoms with Crippen molar-refractivity contribution >= 4 is 5.97 Å². The Balaban J connectivity index is 1.60. The monoisotopic (exact) mass is 238 g/mol. The standard InChI is InChI=1S/C13H22N2O2/c1-15-10-4-5-11(15)7-9(6-10)14-12(13(16)17)8-2-3-8/h8-12,14H,2-7H2,1H3,(H,16,17). The first kappa shape index (κ1) is 11.5. The molecule has 0 radical (unpaired) electrons. The van der Waals surface area contributed by atoms with Gasteiger partial charge in [-0.25, -0.2) is 0 Å². The number of carboxylic acid groups (broad SMARTS) is 1. The van der Waals surface area contributed by atoms with E-state index < -0.39 is 5.97 Å². The van der Waals surface area contributed by atoms with Crippen LogP contribution in [-0.4, -0.2) is 47.2 Å². The summed E-state index contributed by atoms with van der Waals surface area (Å²) >= 11 is 0. The fraction of sp³-hybridized carbons (Fsp3) is 0.923. The van der Waals surface area contributed by atoms with E-state index in [2.05, 4.69) is 17.3 Å². The summed E-state index contributed by atoms with van der Waals surface area (Å²) in [5, 5.41) is 12.7. The lowest BCUT2D eigenvalue weighted by atomic mass is 9.96. The number of nitrogens with zero attached hydrogens (tertiary/aromatic N) is 1. The van der Waals surface area contributed by atoms with Crippen molar-refractivity contribution in [3.8, 4) is 0 Å². The minimum Gasteiger partial charge on any atom is -0.480 e. The van der Waals surface area contributed by atoms with Crippen molar-refractivity contribution in [2.75, 3.05) is 7.05 Å². The summed E-state index contributed by atoms with van der Waals surface area (Å²) in [6.45, 7) is 0. The highest BCUT2D eigenvalue weighted by Crippen LogP contribution is 2.37. The minimum atomic E-state index is -0.654. The molecule has 2 saturated heterocycles. The number of piperidine rings is 1. The summed E-state index contributed by atoms with van der Waals surface area (Å²) < 4.78 is 0. The maximum atomic E-state index is 11.2. The van der Waals surface area contributed by atoms with E-state index in [0.29, 0.717) is 24.0 Å². The van der Waals surface area contributed by atoms with Crippen LogP contribution >= 0.6 is 0 Å². The molecule has 2 aliphatic heterocycles. The van der Waals surface area contributed by atoms with E-state index in [1.165, 1.54) is 12.8 Å². The second-order valence-corrected chi connectivity index (χ2v) is 6.04. The highest BCUT2D eigenvalue weighted by atomic mass is 16.4. The van der Waals surface area contributed by atoms with Gasteiger partial charge in [-0.15, -0.1) is 0 Å². The summed E-state index contributed by atoms with van der Waals surface area (Å²) in [5.41, 5.74) is 0. The van der Waals surface area contributed by atoms with Crippen molar-refractivity contribution in [2.24, 2.45) is 5.92 Å². The maximum Gasteiger partial charge on any atom is 0.320 e. The molecule has 1 saturated carbocycles. The smallest absolute Gasteiger partial charge is 0.320 e. The molecule has 2 N–H and O–H groups in total. The number of fused-ring (bicyclic) bond motifs is 2. The molecule has 3 aliphatic rings. The number of aliphatic carboxylic acids is 1. The topological polar surface area (TPSA) is 52.6 Å². The van der Waals surface area contributed by atoms with E-state index in [4.69, 9.17) is 0 Å². The van der Waals surface area contributed by atoms with Crippen LogP contribution in [0, 0.1) is 5.92 Å². The van der Waals surface area contributed by atoms with Gasteiger partial charge < -0.3 is 15.3 Å². The summed E-state index contributed by atoms with van der Waals surface area (Å²) in [6.07, 6.45) is 7.01. The second-order valence-electron chi connectivity index (χ2n) is 6.04. The van der Waals surface area contributed by atoms with Crippen LogP contribution in [0.1, 0.15) is 38.5 Å². The highest BCUT2D eigenvalue weighted by molar-refractivity contribution is 5.74. The SMILES string of the molecule is CN1C2CCC1CC(NC(C(=O)O)C1CC1)C2. The van der Waals surface area contributed by atoms with Crippen molar-refractivity contribution in [1.29, 1.82) is 0 Å². The zero-order valence-electron chi connectivity index (χ0n) is 10.4. The number of rotatable bonds is 4. The molecule has 96 valence electrons. The van der Waals surface area contributed by atoms with Gasteiger partial charge in [0.05, 0.1) is 0 Å². The number of carboxylic acids is 1. The third kappa shape index (κ3) is 2.20. The molecule has 17 heavy (non-hydrogen) atoms. The first-order valence-corrected chi connectivity index (χ1v) is 6.86. The molecule has 1 aliphatic carbocycles. The third-order valence-corrected chi connectivity index (χ3v) is 4.87. The molecule has 3 rings (SSSR count). The molecule has 4 heteroatoms. The largest absolute Gasteiger partial charge is 0.480 e. The maximum absolute atomic E-state index is 11.2. The first-order chi connectivity index (χ1) is 8.15. The third-order valence-electron chi connectivity index (χ3n) is 4.87. The Morgan fingerprint density at radius 2 is 1.82 bits per heavy atom. The second kappa shape index (κ2) is 4.25. The number of nitrogens with one attached hydrogen (secondary N) is 1. The number of hydrogen-bond donors (Lipinski definition) is 2. The number of carbonyl (C=O) groups is 1. The molecule has 0 amide bonds. The van der Waals surface area contributed by atoms with E-state index >= 15 is 0 Å². The van der Waals surface area contributed by atoms with Crippen molar-refractivity contribution in [3.63, 3.8) is 0 Å². The van der Waals surface area contributed by atoms with Gasteiger partial charge in [0, 0.05) is 18.1 Å². The Hall–Kier alpha value is -0.610. The van der Waals surface area contributed by atoms with Gasteiger partial charge in [0.2, 0.25) is 0 Å². The van der Waals surface area contributed by atoms with Crippen LogP contribution in [0.3, 0.4) is 0 Å². The van der Waals surface area contributed by atoms with Crippen molar-refractivity contribution in [1.82, 2.24) is 10.2 Å². The highest BCUT2D eigenvalue weighted by Gasteiger charge is 2.42. The predicted octanol–water partition coefficient (Wildman–Crippen LogP) is 1.06. The Labute approximate surface area is 102 Å². The predicted molar refractivity (Wildman–Crippen MR) is 64.9 cm³/mol. The average molecular weight is 238 g/mol. The van der Waals surface area contributed by atoms with Crippen LogP contribution in [0.15, 0.2) is 0 Å². The molecule has 3 atom stereocenters. The van der Waals surface area contributed by atoms with Gasteiger partial charge in [-0.2, -0.15) is 0 Å². The van der Waals surface area contributed by atoms with Gasteiger partial charge in [0.15, 0.2) is 0 Å². The van der Waals surface area contributed by atoms with Crippen LogP contribution in [0.2, 0.25) is 0 Å². The molecule has 0 aromatic carbocycles. The average Bonchev–Trinajstić information content (AvgIpc) is 3.08. The Bertz CT molecular complexity index is 303. The lowest BCUT2D eigenvalue weighted by Gasteiger charge is -2.37. The van der Waals surface area contributed by atoms with E-state index in [1.54, 1.807) is 0 Å². The first-order valence-electron chi connectivity index (χ1n) is 6.86. The minimum absolute atomic E-state index is 0.289. The van der Waals surface area contributed by atoms with Gasteiger partial charge in [0.25, 0.3) is 0 Å². The van der Waals surface area contributed by atoms with E-state index in [-0.39, 0.29) is 6.04 Å². The fourth-order valence-corrected chi connectivity index (χ4v) is 3.64. The summed E-state index contributed by atoms with van der Waals surface area (Å²) in [6, 6.07) is 1.49. The summed E-state index contributed by atoms with van der Waals surface area (Å²) in [7, 11) is 2.22. The van der Waals surface area contributed by atoms with Gasteiger partial charge in [0.1, 0.15) is 6.04 Å². The van der Waals surface area contributed by atoms with Crippen LogP contribution in [-0.2, 0) is 4.79 Å². The molecular formula is C13H22N2O2. The van der Waals surface area contributed by atoms with Crippen LogP contribution in [0.25, 0.3) is 0 Å². The van der Waals surface area contributed by atoms with Crippen molar-refractivity contribution in [3.05, 3.63) is 0 Å². The quantitative estimate of drug-likeness (QED) is 0.769. The molecular weight excluding hydrogens is 216 g/mol. The molecule has 2 bridgehead atoms. The van der Waals surface area contributed by atoms with Gasteiger partial charge in [-0.1, -0.05) is 0 Å². The molecule has 4 nitrogen and oxygen atoms in total. The van der Waals surface area contributed by atoms with E-state index in [1.807, 2.05) is 0 Å². The van der Waals surface area contributed by atoms with Crippen molar-refractivity contribution < 1.29 is 9.90 Å². The van der Waals surface area contributed by atoms with E-state index in [0.717, 1.165) is 25.7 Å².